The van der Waals surface area contributed by atoms with E-state index >= 15 is 0 Å². The largest absolute Gasteiger partial charge is 0.378 e. The van der Waals surface area contributed by atoms with Gasteiger partial charge >= 0.3 is 0 Å². The summed E-state index contributed by atoms with van der Waals surface area (Å²) in [4.78, 5) is 30.3. The third-order valence-electron chi connectivity index (χ3n) is 13.5. The van der Waals surface area contributed by atoms with E-state index in [1.54, 1.807) is 0 Å². The maximum atomic E-state index is 6.75. The van der Waals surface area contributed by atoms with Crippen LogP contribution in [-0.2, 0) is 14.4 Å². The number of ether oxygens (including phenoxy) is 1. The van der Waals surface area contributed by atoms with Crippen LogP contribution in [0.2, 0.25) is 0 Å². The van der Waals surface area contributed by atoms with Gasteiger partial charge in [0.05, 0.1) is 25.4 Å². The van der Waals surface area contributed by atoms with Crippen LogP contribution in [0.4, 0.5) is 17.8 Å². The van der Waals surface area contributed by atoms with Gasteiger partial charge in [-0.3, -0.25) is 9.68 Å². The highest BCUT2D eigenvalue weighted by Gasteiger charge is 2.48. The Morgan fingerprint density at radius 1 is 0.554 bits per heavy atom. The monoisotopic (exact) mass is 783 g/mol. The summed E-state index contributed by atoms with van der Waals surface area (Å²) in [5.74, 6) is 3.50. The predicted octanol–water partition coefficient (Wildman–Crippen LogP) is 9.94. The van der Waals surface area contributed by atoms with Gasteiger partial charge in [-0.2, -0.15) is 25.1 Å². The first-order valence-electron chi connectivity index (χ1n) is 23.2. The van der Waals surface area contributed by atoms with Gasteiger partial charge in [0, 0.05) is 48.3 Å². The minimum absolute atomic E-state index is 0.0428. The maximum Gasteiger partial charge on any atom is 0.232 e. The lowest BCUT2D eigenvalue weighted by Gasteiger charge is -2.55. The van der Waals surface area contributed by atoms with E-state index in [4.69, 9.17) is 29.4 Å². The molecule has 2 N–H and O–H groups in total. The van der Waals surface area contributed by atoms with E-state index in [1.165, 1.54) is 116 Å². The summed E-state index contributed by atoms with van der Waals surface area (Å²) in [6, 6.07) is 0. The summed E-state index contributed by atoms with van der Waals surface area (Å²) in [7, 11) is 0. The molecule has 1 aromatic rings. The molecule has 0 atom stereocenters. The van der Waals surface area contributed by atoms with Crippen molar-refractivity contribution >= 4 is 17.8 Å². The lowest BCUT2D eigenvalue weighted by molar-refractivity contribution is -0.314. The summed E-state index contributed by atoms with van der Waals surface area (Å²) in [5.41, 5.74) is 0.171. The van der Waals surface area contributed by atoms with Crippen molar-refractivity contribution in [3.63, 3.8) is 0 Å². The van der Waals surface area contributed by atoms with E-state index in [-0.39, 0.29) is 22.2 Å². The number of nitrogens with one attached hydrogen (secondary N) is 2. The predicted molar refractivity (Wildman–Crippen MR) is 229 cm³/mol. The SMILES string of the molecule is CC1(C)CC(CCCCNc2nc(NCCCCC3CC(C)(C)N(OC4CCCCC4)C(C)(C)C3)nc(N3CCOCC3)n2)CC(C)(C)N1OC1CCCCC1. The van der Waals surface area contributed by atoms with Crippen molar-refractivity contribution in [2.24, 2.45) is 11.8 Å². The first kappa shape index (κ1) is 43.8. The molecule has 0 unspecified atom stereocenters. The molecule has 1 aromatic heterocycles. The molecule has 0 aromatic carbocycles. The van der Waals surface area contributed by atoms with Crippen molar-refractivity contribution in [3.05, 3.63) is 0 Å². The van der Waals surface area contributed by atoms with Crippen LogP contribution in [0.25, 0.3) is 0 Å². The lowest BCUT2D eigenvalue weighted by atomic mass is 9.73. The number of aromatic nitrogens is 3. The van der Waals surface area contributed by atoms with Crippen LogP contribution < -0.4 is 15.5 Å². The second kappa shape index (κ2) is 19.5. The van der Waals surface area contributed by atoms with Crippen LogP contribution in [-0.4, -0.2) is 98.8 Å². The minimum atomic E-state index is 0.0428. The van der Waals surface area contributed by atoms with E-state index < -0.39 is 0 Å². The molecule has 0 radical (unpaired) electrons. The molecule has 0 bridgehead atoms. The van der Waals surface area contributed by atoms with Crippen molar-refractivity contribution in [2.75, 3.05) is 54.9 Å². The van der Waals surface area contributed by atoms with Crippen molar-refractivity contribution in [2.45, 2.75) is 218 Å². The molecule has 11 nitrogen and oxygen atoms in total. The molecular formula is C45H82N8O3. The quantitative estimate of drug-likeness (QED) is 0.148. The number of anilines is 3. The van der Waals surface area contributed by atoms with E-state index in [0.29, 0.717) is 49.2 Å². The van der Waals surface area contributed by atoms with Crippen molar-refractivity contribution in [1.29, 1.82) is 0 Å². The molecular weight excluding hydrogens is 701 g/mol. The highest BCUT2D eigenvalue weighted by atomic mass is 16.7. The normalized spacial score (nSPS) is 25.7. The smallest absolute Gasteiger partial charge is 0.232 e. The molecule has 2 aliphatic carbocycles. The summed E-state index contributed by atoms with van der Waals surface area (Å²) in [6.07, 6.45) is 25.4. The molecule has 2 saturated carbocycles. The zero-order valence-electron chi connectivity index (χ0n) is 37.1. The van der Waals surface area contributed by atoms with Gasteiger partial charge in [0.1, 0.15) is 0 Å². The van der Waals surface area contributed by atoms with Crippen LogP contribution >= 0.6 is 0 Å². The molecule has 320 valence electrons. The van der Waals surface area contributed by atoms with Crippen LogP contribution in [0.15, 0.2) is 0 Å². The molecule has 56 heavy (non-hydrogen) atoms. The third-order valence-corrected chi connectivity index (χ3v) is 13.5. The molecule has 0 amide bonds. The second-order valence-electron chi connectivity index (χ2n) is 20.8. The van der Waals surface area contributed by atoms with Gasteiger partial charge in [0.2, 0.25) is 17.8 Å². The summed E-state index contributed by atoms with van der Waals surface area (Å²) in [5, 5.41) is 11.9. The maximum absolute atomic E-state index is 6.75. The van der Waals surface area contributed by atoms with Crippen LogP contribution in [0.3, 0.4) is 0 Å². The number of unbranched alkanes of at least 4 members (excludes halogenated alkanes) is 2. The second-order valence-corrected chi connectivity index (χ2v) is 20.8. The average Bonchev–Trinajstić information content (AvgIpc) is 3.15. The fraction of sp³-hybridized carbons (Fsp3) is 0.933. The Morgan fingerprint density at radius 2 is 0.946 bits per heavy atom. The van der Waals surface area contributed by atoms with Crippen molar-refractivity contribution in [1.82, 2.24) is 25.1 Å². The lowest BCUT2D eigenvalue weighted by Crippen LogP contribution is -2.61. The highest BCUT2D eigenvalue weighted by Crippen LogP contribution is 2.46. The minimum Gasteiger partial charge on any atom is -0.378 e. The highest BCUT2D eigenvalue weighted by molar-refractivity contribution is 5.44. The van der Waals surface area contributed by atoms with Crippen LogP contribution in [0.5, 0.6) is 0 Å². The van der Waals surface area contributed by atoms with Gasteiger partial charge < -0.3 is 20.3 Å². The third kappa shape index (κ3) is 12.1. The zero-order chi connectivity index (χ0) is 39.8. The Labute approximate surface area is 341 Å². The molecule has 4 heterocycles. The van der Waals surface area contributed by atoms with Crippen molar-refractivity contribution < 1.29 is 14.4 Å². The van der Waals surface area contributed by atoms with Crippen LogP contribution in [0.1, 0.15) is 184 Å². The van der Waals surface area contributed by atoms with Crippen molar-refractivity contribution in [3.8, 4) is 0 Å². The van der Waals surface area contributed by atoms with E-state index in [1.807, 2.05) is 0 Å². The van der Waals surface area contributed by atoms with Gasteiger partial charge in [-0.1, -0.05) is 64.2 Å². The van der Waals surface area contributed by atoms with E-state index in [9.17, 15) is 0 Å². The summed E-state index contributed by atoms with van der Waals surface area (Å²) in [6.45, 7) is 23.9. The topological polar surface area (TPSA) is 100 Å². The number of piperidine rings is 2. The first-order chi connectivity index (χ1) is 26.7. The number of hydroxylamine groups is 4. The molecule has 6 rings (SSSR count). The Morgan fingerprint density at radius 3 is 1.34 bits per heavy atom. The molecule has 11 heteroatoms. The van der Waals surface area contributed by atoms with Gasteiger partial charge in [-0.05, 0) is 131 Å². The number of nitrogens with zero attached hydrogens (tertiary/aromatic N) is 6. The summed E-state index contributed by atoms with van der Waals surface area (Å²) < 4.78 is 5.63. The van der Waals surface area contributed by atoms with E-state index in [2.05, 4.69) is 81.0 Å². The Bertz CT molecular complexity index is 1210. The fourth-order valence-electron chi connectivity index (χ4n) is 11.5. The molecule has 0 spiro atoms. The summed E-state index contributed by atoms with van der Waals surface area (Å²) >= 11 is 0. The van der Waals surface area contributed by atoms with Gasteiger partial charge in [-0.25, -0.2) is 0 Å². The molecule has 3 saturated heterocycles. The Hall–Kier alpha value is -1.79. The van der Waals surface area contributed by atoms with Gasteiger partial charge in [0.25, 0.3) is 0 Å². The fourth-order valence-corrected chi connectivity index (χ4v) is 11.5. The average molecular weight is 783 g/mol. The molecule has 5 aliphatic rings. The van der Waals surface area contributed by atoms with Gasteiger partial charge in [0.15, 0.2) is 0 Å². The number of morpholine rings is 1. The van der Waals surface area contributed by atoms with E-state index in [0.717, 1.165) is 45.0 Å². The Balaban J connectivity index is 0.946. The number of hydrogen-bond acceptors (Lipinski definition) is 11. The first-order valence-corrected chi connectivity index (χ1v) is 23.2. The van der Waals surface area contributed by atoms with Crippen LogP contribution in [0, 0.1) is 11.8 Å². The Kier molecular flexibility index (Phi) is 15.3. The zero-order valence-corrected chi connectivity index (χ0v) is 37.1. The molecule has 3 aliphatic heterocycles. The number of hydrogen-bond donors (Lipinski definition) is 2. The van der Waals surface area contributed by atoms with Gasteiger partial charge in [-0.15, -0.1) is 0 Å². The molecule has 5 fully saturated rings. The standard InChI is InChI=1S/C45H82N8O3/c1-42(2)31-35(32-43(3,4)52(42)55-37-21-11-9-12-22-37)19-15-17-25-46-39-48-40(50-41(49-39)51-27-29-54-30-28-51)47-26-18-16-20-36-33-44(5,6)53(45(7,8)34-36)56-38-23-13-10-14-24-38/h35-38H,9-34H2,1-8H3,(H2,46,47,48,49,50). The number of rotatable bonds is 17.